The molecule has 154 valence electrons. The molecule has 0 fully saturated rings. The summed E-state index contributed by atoms with van der Waals surface area (Å²) in [4.78, 5) is 29.7. The second-order valence-electron chi connectivity index (χ2n) is 7.87. The van der Waals surface area contributed by atoms with Crippen molar-refractivity contribution in [2.75, 3.05) is 11.9 Å². The van der Waals surface area contributed by atoms with Gasteiger partial charge in [-0.3, -0.25) is 9.59 Å². The van der Waals surface area contributed by atoms with Crippen molar-refractivity contribution < 1.29 is 14.0 Å². The lowest BCUT2D eigenvalue weighted by molar-refractivity contribution is -0.119. The Bertz CT molecular complexity index is 1050. The number of amides is 2. The van der Waals surface area contributed by atoms with Crippen LogP contribution in [0, 0.1) is 11.7 Å². The maximum Gasteiger partial charge on any atom is 0.254 e. The Morgan fingerprint density at radius 2 is 1.83 bits per heavy atom. The van der Waals surface area contributed by atoms with E-state index in [4.69, 9.17) is 0 Å². The summed E-state index contributed by atoms with van der Waals surface area (Å²) in [7, 11) is 0. The molecular formula is C24H23FN2O2S. The van der Waals surface area contributed by atoms with E-state index in [9.17, 15) is 14.0 Å². The molecular weight excluding hydrogens is 399 g/mol. The number of carbonyl (C=O) groups is 2. The van der Waals surface area contributed by atoms with E-state index < -0.39 is 12.0 Å². The van der Waals surface area contributed by atoms with Crippen LogP contribution in [0.25, 0.3) is 0 Å². The molecule has 2 amide bonds. The van der Waals surface area contributed by atoms with Gasteiger partial charge in [-0.2, -0.15) is 0 Å². The lowest BCUT2D eigenvalue weighted by Gasteiger charge is -2.42. The first-order valence-electron chi connectivity index (χ1n) is 9.95. The van der Waals surface area contributed by atoms with E-state index in [1.807, 2.05) is 40.6 Å². The molecule has 2 unspecified atom stereocenters. The van der Waals surface area contributed by atoms with Crippen molar-refractivity contribution in [3.63, 3.8) is 0 Å². The molecule has 6 heteroatoms. The van der Waals surface area contributed by atoms with E-state index in [0.29, 0.717) is 17.8 Å². The highest BCUT2D eigenvalue weighted by Gasteiger charge is 2.44. The first-order valence-corrected chi connectivity index (χ1v) is 10.8. The molecule has 2 atom stereocenters. The summed E-state index contributed by atoms with van der Waals surface area (Å²) >= 11 is 1.54. The number of anilines is 1. The van der Waals surface area contributed by atoms with Gasteiger partial charge in [0.25, 0.3) is 5.91 Å². The Hall–Kier alpha value is -2.99. The van der Waals surface area contributed by atoms with Crippen LogP contribution in [0.5, 0.6) is 0 Å². The van der Waals surface area contributed by atoms with Crippen molar-refractivity contribution in [2.45, 2.75) is 25.8 Å². The second kappa shape index (κ2) is 8.40. The third-order valence-corrected chi connectivity index (χ3v) is 6.17. The topological polar surface area (TPSA) is 49.4 Å². The van der Waals surface area contributed by atoms with Gasteiger partial charge in [-0.25, -0.2) is 4.39 Å². The predicted octanol–water partition coefficient (Wildman–Crippen LogP) is 5.46. The monoisotopic (exact) mass is 422 g/mol. The van der Waals surface area contributed by atoms with E-state index >= 15 is 0 Å². The summed E-state index contributed by atoms with van der Waals surface area (Å²) in [5.74, 6) is -0.942. The van der Waals surface area contributed by atoms with Crippen molar-refractivity contribution in [2.24, 2.45) is 5.92 Å². The number of nitrogens with zero attached hydrogens (tertiary/aromatic N) is 1. The number of carbonyl (C=O) groups excluding carboxylic acids is 2. The van der Waals surface area contributed by atoms with Crippen LogP contribution in [0.2, 0.25) is 0 Å². The molecule has 2 aromatic carbocycles. The lowest BCUT2D eigenvalue weighted by Crippen LogP contribution is -2.47. The molecule has 4 rings (SSSR count). The van der Waals surface area contributed by atoms with Crippen LogP contribution in [-0.2, 0) is 4.79 Å². The smallest absolute Gasteiger partial charge is 0.254 e. The molecule has 0 saturated carbocycles. The number of fused-ring (bicyclic) bond motifs is 1. The molecule has 0 aliphatic carbocycles. The van der Waals surface area contributed by atoms with Crippen LogP contribution >= 0.6 is 11.3 Å². The summed E-state index contributed by atoms with van der Waals surface area (Å²) in [6.07, 6.45) is 0. The van der Waals surface area contributed by atoms with Crippen molar-refractivity contribution in [3.8, 4) is 0 Å². The van der Waals surface area contributed by atoms with Gasteiger partial charge in [-0.15, -0.1) is 11.3 Å². The Morgan fingerprint density at radius 3 is 2.50 bits per heavy atom. The van der Waals surface area contributed by atoms with Crippen molar-refractivity contribution in [1.82, 2.24) is 4.90 Å². The Morgan fingerprint density at radius 1 is 1.10 bits per heavy atom. The fourth-order valence-electron chi connectivity index (χ4n) is 4.00. The molecule has 0 bridgehead atoms. The van der Waals surface area contributed by atoms with E-state index in [2.05, 4.69) is 19.2 Å². The van der Waals surface area contributed by atoms with E-state index in [-0.39, 0.29) is 23.5 Å². The molecule has 0 radical (unpaired) electrons. The molecule has 1 aliphatic heterocycles. The number of hydrogen-bond acceptors (Lipinski definition) is 3. The van der Waals surface area contributed by atoms with Gasteiger partial charge in [-0.05, 0) is 53.3 Å². The van der Waals surface area contributed by atoms with Gasteiger partial charge >= 0.3 is 0 Å². The van der Waals surface area contributed by atoms with Crippen LogP contribution < -0.4 is 5.32 Å². The second-order valence-corrected chi connectivity index (χ2v) is 8.85. The van der Waals surface area contributed by atoms with Crippen molar-refractivity contribution in [1.29, 1.82) is 0 Å². The first-order chi connectivity index (χ1) is 14.5. The van der Waals surface area contributed by atoms with Crippen LogP contribution in [-0.4, -0.2) is 23.3 Å². The maximum absolute atomic E-state index is 13.5. The quantitative estimate of drug-likeness (QED) is 0.593. The fourth-order valence-corrected chi connectivity index (χ4v) is 4.87. The number of hydrogen-bond donors (Lipinski definition) is 1. The zero-order valence-corrected chi connectivity index (χ0v) is 17.7. The number of halogens is 1. The highest BCUT2D eigenvalue weighted by molar-refractivity contribution is 7.10. The Labute approximate surface area is 179 Å². The molecule has 1 aliphatic rings. The molecule has 0 saturated heterocycles. The predicted molar refractivity (Wildman–Crippen MR) is 117 cm³/mol. The van der Waals surface area contributed by atoms with Crippen molar-refractivity contribution in [3.05, 3.63) is 87.9 Å². The minimum absolute atomic E-state index is 0.0523. The van der Waals surface area contributed by atoms with E-state index in [1.54, 1.807) is 29.5 Å². The summed E-state index contributed by atoms with van der Waals surface area (Å²) in [5, 5.41) is 4.88. The highest BCUT2D eigenvalue weighted by atomic mass is 32.1. The van der Waals surface area contributed by atoms with Crippen LogP contribution in [0.4, 0.5) is 10.1 Å². The van der Waals surface area contributed by atoms with Gasteiger partial charge < -0.3 is 10.2 Å². The van der Waals surface area contributed by atoms with Gasteiger partial charge in [0.15, 0.2) is 0 Å². The zero-order valence-electron chi connectivity index (χ0n) is 16.8. The van der Waals surface area contributed by atoms with E-state index in [1.165, 1.54) is 12.1 Å². The van der Waals surface area contributed by atoms with Crippen LogP contribution in [0.15, 0.2) is 66.0 Å². The molecule has 4 nitrogen and oxygen atoms in total. The number of rotatable bonds is 5. The third kappa shape index (κ3) is 3.87. The van der Waals surface area contributed by atoms with E-state index in [0.717, 1.165) is 10.4 Å². The lowest BCUT2D eigenvalue weighted by atomic mass is 9.81. The van der Waals surface area contributed by atoms with Gasteiger partial charge in [0.2, 0.25) is 5.91 Å². The van der Waals surface area contributed by atoms with Crippen molar-refractivity contribution >= 4 is 28.8 Å². The van der Waals surface area contributed by atoms with Crippen LogP contribution in [0.3, 0.4) is 0 Å². The average Bonchev–Trinajstić information content (AvgIpc) is 3.25. The van der Waals surface area contributed by atoms with Gasteiger partial charge in [0.1, 0.15) is 5.82 Å². The van der Waals surface area contributed by atoms with Crippen LogP contribution in [0.1, 0.15) is 46.6 Å². The molecule has 2 heterocycles. The molecule has 1 N–H and O–H groups in total. The number of benzene rings is 2. The highest BCUT2D eigenvalue weighted by Crippen LogP contribution is 2.44. The Kier molecular flexibility index (Phi) is 5.68. The first kappa shape index (κ1) is 20.3. The van der Waals surface area contributed by atoms with Gasteiger partial charge in [0, 0.05) is 22.7 Å². The number of thiophene rings is 1. The molecule has 3 aromatic rings. The normalized spacial score (nSPS) is 18.4. The summed E-state index contributed by atoms with van der Waals surface area (Å²) in [6, 6.07) is 16.6. The zero-order chi connectivity index (χ0) is 21.3. The maximum atomic E-state index is 13.5. The SMILES string of the molecule is CC(C)CN1C(=O)c2ccccc2C(C(=O)Nc2ccc(F)cc2)C1c1cccs1. The minimum atomic E-state index is -0.568. The number of nitrogens with one attached hydrogen (secondary N) is 1. The summed E-state index contributed by atoms with van der Waals surface area (Å²) in [6.45, 7) is 4.68. The minimum Gasteiger partial charge on any atom is -0.329 e. The molecule has 30 heavy (non-hydrogen) atoms. The summed E-state index contributed by atoms with van der Waals surface area (Å²) < 4.78 is 13.3. The fraction of sp³-hybridized carbons (Fsp3) is 0.250. The standard InChI is InChI=1S/C24H23FN2O2S/c1-15(2)14-27-22(20-8-5-13-30-20)21(18-6-3-4-7-19(18)24(27)29)23(28)26-17-11-9-16(25)10-12-17/h3-13,15,21-22H,14H2,1-2H3,(H,26,28). The molecule has 1 aromatic heterocycles. The molecule has 0 spiro atoms. The largest absolute Gasteiger partial charge is 0.329 e. The third-order valence-electron chi connectivity index (χ3n) is 5.23. The van der Waals surface area contributed by atoms with Gasteiger partial charge in [-0.1, -0.05) is 38.1 Å². The summed E-state index contributed by atoms with van der Waals surface area (Å²) in [5.41, 5.74) is 1.81. The average molecular weight is 423 g/mol. The van der Waals surface area contributed by atoms with Gasteiger partial charge in [0.05, 0.1) is 12.0 Å². The Balaban J connectivity index is 1.80.